The fraction of sp³-hybridized carbons (Fsp3) is 0.650. The third kappa shape index (κ3) is 6.78. The Kier molecular flexibility index (Phi) is 9.61. The van der Waals surface area contributed by atoms with Gasteiger partial charge in [0.2, 0.25) is 0 Å². The summed E-state index contributed by atoms with van der Waals surface area (Å²) in [5, 5.41) is 6.67. The van der Waals surface area contributed by atoms with Gasteiger partial charge in [-0.25, -0.2) is 4.39 Å². The third-order valence-corrected chi connectivity index (χ3v) is 5.22. The average Bonchev–Trinajstić information content (AvgIpc) is 3.17. The van der Waals surface area contributed by atoms with Crippen LogP contribution in [0.1, 0.15) is 49.7 Å². The molecule has 2 aliphatic rings. The summed E-state index contributed by atoms with van der Waals surface area (Å²) in [7, 11) is 1.77. The largest absolute Gasteiger partial charge is 0.467 e. The van der Waals surface area contributed by atoms with E-state index in [0.717, 1.165) is 35.3 Å². The van der Waals surface area contributed by atoms with Crippen LogP contribution >= 0.6 is 24.0 Å². The molecule has 1 aliphatic heterocycles. The zero-order valence-electron chi connectivity index (χ0n) is 16.1. The number of halogens is 2. The maximum atomic E-state index is 13.8. The lowest BCUT2D eigenvalue weighted by atomic mass is 10.0. The van der Waals surface area contributed by atoms with Gasteiger partial charge in [0.15, 0.2) is 12.8 Å². The van der Waals surface area contributed by atoms with Gasteiger partial charge in [-0.3, -0.25) is 4.99 Å². The molecule has 1 aliphatic carbocycles. The summed E-state index contributed by atoms with van der Waals surface area (Å²) in [6.45, 7) is 2.23. The highest BCUT2D eigenvalue weighted by Gasteiger charge is 2.17. The Hall–Kier alpha value is -1.09. The Bertz CT molecular complexity index is 621. The highest BCUT2D eigenvalue weighted by molar-refractivity contribution is 14.0. The molecule has 0 radical (unpaired) electrons. The molecule has 2 N–H and O–H groups in total. The topological polar surface area (TPSA) is 54.9 Å². The summed E-state index contributed by atoms with van der Waals surface area (Å²) in [4.78, 5) is 4.26. The Morgan fingerprint density at radius 2 is 2.00 bits per heavy atom. The quantitative estimate of drug-likeness (QED) is 0.262. The van der Waals surface area contributed by atoms with Crippen LogP contribution in [0.2, 0.25) is 0 Å². The normalized spacial score (nSPS) is 17.0. The molecule has 5 nitrogen and oxygen atoms in total. The number of hydrogen-bond donors (Lipinski definition) is 2. The Labute approximate surface area is 178 Å². The van der Waals surface area contributed by atoms with Crippen molar-refractivity contribution >= 4 is 29.9 Å². The molecule has 0 spiro atoms. The Balaban J connectivity index is 0.00000261. The van der Waals surface area contributed by atoms with Crippen LogP contribution in [-0.2, 0) is 17.8 Å². The molecule has 7 heteroatoms. The van der Waals surface area contributed by atoms with E-state index in [-0.39, 0.29) is 36.6 Å². The van der Waals surface area contributed by atoms with Crippen molar-refractivity contribution in [2.24, 2.45) is 10.9 Å². The van der Waals surface area contributed by atoms with Gasteiger partial charge in [0.1, 0.15) is 11.6 Å². The lowest BCUT2D eigenvalue weighted by Gasteiger charge is -2.21. The van der Waals surface area contributed by atoms with Crippen LogP contribution in [0.25, 0.3) is 0 Å². The van der Waals surface area contributed by atoms with Gasteiger partial charge in [-0.15, -0.1) is 24.0 Å². The van der Waals surface area contributed by atoms with E-state index < -0.39 is 0 Å². The van der Waals surface area contributed by atoms with Crippen molar-refractivity contribution in [1.82, 2.24) is 10.6 Å². The molecule has 1 aromatic rings. The maximum Gasteiger partial charge on any atom is 0.190 e. The van der Waals surface area contributed by atoms with Crippen LogP contribution in [0.3, 0.4) is 0 Å². The smallest absolute Gasteiger partial charge is 0.190 e. The van der Waals surface area contributed by atoms with Crippen LogP contribution in [0.5, 0.6) is 5.75 Å². The van der Waals surface area contributed by atoms with Crippen LogP contribution in [-0.4, -0.2) is 32.9 Å². The van der Waals surface area contributed by atoms with Gasteiger partial charge >= 0.3 is 0 Å². The molecule has 152 valence electrons. The molecule has 0 bridgehead atoms. The Morgan fingerprint density at radius 3 is 2.78 bits per heavy atom. The van der Waals surface area contributed by atoms with Gasteiger partial charge in [-0.2, -0.15) is 0 Å². The minimum atomic E-state index is -0.248. The first-order valence-corrected chi connectivity index (χ1v) is 9.72. The number of fused-ring (bicyclic) bond motifs is 1. The summed E-state index contributed by atoms with van der Waals surface area (Å²) in [5.74, 6) is 2.24. The molecule has 1 fully saturated rings. The van der Waals surface area contributed by atoms with Crippen LogP contribution in [0.4, 0.5) is 4.39 Å². The van der Waals surface area contributed by atoms with Crippen molar-refractivity contribution in [3.05, 3.63) is 29.1 Å². The van der Waals surface area contributed by atoms with E-state index in [9.17, 15) is 4.39 Å². The number of guanidine groups is 1. The van der Waals surface area contributed by atoms with E-state index in [2.05, 4.69) is 15.6 Å². The van der Waals surface area contributed by atoms with Crippen molar-refractivity contribution in [3.63, 3.8) is 0 Å². The first kappa shape index (κ1) is 22.2. The summed E-state index contributed by atoms with van der Waals surface area (Å²) >= 11 is 0. The predicted molar refractivity (Wildman–Crippen MR) is 116 cm³/mol. The number of rotatable bonds is 7. The van der Waals surface area contributed by atoms with Gasteiger partial charge in [-0.1, -0.05) is 25.7 Å². The monoisotopic (exact) mass is 491 g/mol. The lowest BCUT2D eigenvalue weighted by molar-refractivity contribution is -0.0172. The van der Waals surface area contributed by atoms with Gasteiger partial charge in [0.25, 0.3) is 0 Å². The minimum Gasteiger partial charge on any atom is -0.467 e. The maximum absolute atomic E-state index is 13.8. The molecule has 27 heavy (non-hydrogen) atoms. The summed E-state index contributed by atoms with van der Waals surface area (Å²) in [5.41, 5.74) is 1.65. The van der Waals surface area contributed by atoms with Gasteiger partial charge in [-0.05, 0) is 42.9 Å². The highest BCUT2D eigenvalue weighted by atomic mass is 127. The van der Waals surface area contributed by atoms with E-state index in [1.807, 2.05) is 0 Å². The molecule has 3 rings (SSSR count). The first-order valence-electron chi connectivity index (χ1n) is 9.72. The molecule has 0 atom stereocenters. The lowest BCUT2D eigenvalue weighted by Crippen LogP contribution is -2.38. The standard InChI is InChI=1S/C20H30FN3O2.HI/c1-22-20(23-9-4-7-15-5-2-3-6-15)24-10-8-16-11-18(21)12-17-13-25-14-26-19(16)17;/h11-12,15H,2-10,13-14H2,1H3,(H2,22,23,24);1H. The molecule has 0 amide bonds. The molecule has 0 unspecified atom stereocenters. The third-order valence-electron chi connectivity index (χ3n) is 5.22. The zero-order chi connectivity index (χ0) is 18.2. The number of benzene rings is 1. The van der Waals surface area contributed by atoms with E-state index in [1.54, 1.807) is 13.1 Å². The molecule has 1 saturated carbocycles. The number of hydrogen-bond acceptors (Lipinski definition) is 3. The second-order valence-corrected chi connectivity index (χ2v) is 7.13. The molecule has 0 saturated heterocycles. The van der Waals surface area contributed by atoms with Crippen molar-refractivity contribution < 1.29 is 13.9 Å². The number of nitrogens with zero attached hydrogens (tertiary/aromatic N) is 1. The zero-order valence-corrected chi connectivity index (χ0v) is 18.4. The second kappa shape index (κ2) is 11.7. The molecule has 1 heterocycles. The number of aliphatic imine (C=N–C) groups is 1. The van der Waals surface area contributed by atoms with Crippen molar-refractivity contribution in [3.8, 4) is 5.75 Å². The van der Waals surface area contributed by atoms with Crippen molar-refractivity contribution in [1.29, 1.82) is 0 Å². The fourth-order valence-corrected chi connectivity index (χ4v) is 3.88. The van der Waals surface area contributed by atoms with Gasteiger partial charge in [0.05, 0.1) is 6.61 Å². The Morgan fingerprint density at radius 1 is 1.22 bits per heavy atom. The highest BCUT2D eigenvalue weighted by Crippen LogP contribution is 2.30. The van der Waals surface area contributed by atoms with E-state index in [0.29, 0.717) is 19.6 Å². The first-order chi connectivity index (χ1) is 12.8. The van der Waals surface area contributed by atoms with E-state index in [1.165, 1.54) is 44.6 Å². The van der Waals surface area contributed by atoms with Crippen molar-refractivity contribution in [2.75, 3.05) is 26.9 Å². The van der Waals surface area contributed by atoms with E-state index in [4.69, 9.17) is 9.47 Å². The number of ether oxygens (including phenoxy) is 2. The summed E-state index contributed by atoms with van der Waals surface area (Å²) < 4.78 is 24.6. The summed E-state index contributed by atoms with van der Waals surface area (Å²) in [6.07, 6.45) is 8.76. The molecular formula is C20H31FIN3O2. The minimum absolute atomic E-state index is 0. The van der Waals surface area contributed by atoms with Crippen LogP contribution < -0.4 is 15.4 Å². The second-order valence-electron chi connectivity index (χ2n) is 7.13. The average molecular weight is 491 g/mol. The SMILES string of the molecule is CN=C(NCCCC1CCCC1)NCCc1cc(F)cc2c1OCOC2.I. The molecule has 1 aromatic carbocycles. The van der Waals surface area contributed by atoms with Crippen molar-refractivity contribution in [2.45, 2.75) is 51.6 Å². The number of nitrogens with one attached hydrogen (secondary N) is 2. The van der Waals surface area contributed by atoms with Crippen LogP contribution in [0, 0.1) is 11.7 Å². The van der Waals surface area contributed by atoms with E-state index >= 15 is 0 Å². The van der Waals surface area contributed by atoms with Gasteiger partial charge < -0.3 is 20.1 Å². The van der Waals surface area contributed by atoms with Gasteiger partial charge in [0, 0.05) is 25.7 Å². The predicted octanol–water partition coefficient (Wildman–Crippen LogP) is 3.99. The molecule has 0 aromatic heterocycles. The van der Waals surface area contributed by atoms with Crippen LogP contribution in [0.15, 0.2) is 17.1 Å². The summed E-state index contributed by atoms with van der Waals surface area (Å²) in [6, 6.07) is 3.03. The fourth-order valence-electron chi connectivity index (χ4n) is 3.88. The molecular weight excluding hydrogens is 460 g/mol.